The SMILES string of the molecule is COc1ccc([N+](=O)[O-])cc1Nc1ncc(-c2ccccc2)o1. The minimum absolute atomic E-state index is 0.0526. The number of aromatic nitrogens is 1. The summed E-state index contributed by atoms with van der Waals surface area (Å²) in [7, 11) is 1.48. The lowest BCUT2D eigenvalue weighted by molar-refractivity contribution is -0.384. The first kappa shape index (κ1) is 14.6. The molecule has 116 valence electrons. The van der Waals surface area contributed by atoms with Crippen LogP contribution in [0.3, 0.4) is 0 Å². The smallest absolute Gasteiger partial charge is 0.299 e. The van der Waals surface area contributed by atoms with Gasteiger partial charge in [0.2, 0.25) is 0 Å². The number of nitrogens with one attached hydrogen (secondary N) is 1. The largest absolute Gasteiger partial charge is 0.495 e. The second-order valence-electron chi connectivity index (χ2n) is 4.66. The van der Waals surface area contributed by atoms with E-state index in [1.54, 1.807) is 6.20 Å². The van der Waals surface area contributed by atoms with Gasteiger partial charge in [-0.3, -0.25) is 10.1 Å². The molecule has 1 aromatic heterocycles. The molecule has 0 saturated heterocycles. The van der Waals surface area contributed by atoms with Gasteiger partial charge in [0.15, 0.2) is 5.76 Å². The molecule has 0 atom stereocenters. The van der Waals surface area contributed by atoms with Crippen LogP contribution in [-0.4, -0.2) is 17.0 Å². The average molecular weight is 311 g/mol. The van der Waals surface area contributed by atoms with Crippen LogP contribution >= 0.6 is 0 Å². The van der Waals surface area contributed by atoms with Crippen LogP contribution in [0.15, 0.2) is 59.1 Å². The zero-order valence-electron chi connectivity index (χ0n) is 12.2. The maximum atomic E-state index is 10.9. The van der Waals surface area contributed by atoms with Gasteiger partial charge in [-0.05, 0) is 6.07 Å². The quantitative estimate of drug-likeness (QED) is 0.565. The van der Waals surface area contributed by atoms with Crippen LogP contribution in [-0.2, 0) is 0 Å². The van der Waals surface area contributed by atoms with E-state index in [0.717, 1.165) is 5.56 Å². The molecule has 3 aromatic rings. The number of non-ortho nitro benzene ring substituents is 1. The van der Waals surface area contributed by atoms with Gasteiger partial charge in [0.1, 0.15) is 5.75 Å². The normalized spacial score (nSPS) is 10.3. The molecule has 0 radical (unpaired) electrons. The molecular weight excluding hydrogens is 298 g/mol. The Morgan fingerprint density at radius 3 is 2.70 bits per heavy atom. The molecule has 0 unspecified atom stereocenters. The molecule has 1 heterocycles. The van der Waals surface area contributed by atoms with Crippen molar-refractivity contribution in [1.29, 1.82) is 0 Å². The highest BCUT2D eigenvalue weighted by atomic mass is 16.6. The van der Waals surface area contributed by atoms with Gasteiger partial charge in [-0.1, -0.05) is 30.3 Å². The van der Waals surface area contributed by atoms with Crippen molar-refractivity contribution in [3.05, 3.63) is 64.8 Å². The van der Waals surface area contributed by atoms with Crippen LogP contribution in [0, 0.1) is 10.1 Å². The average Bonchev–Trinajstić information content (AvgIpc) is 3.04. The Bertz CT molecular complexity index is 830. The summed E-state index contributed by atoms with van der Waals surface area (Å²) in [5.41, 5.74) is 1.24. The van der Waals surface area contributed by atoms with Gasteiger partial charge in [-0.25, -0.2) is 4.98 Å². The maximum Gasteiger partial charge on any atom is 0.299 e. The number of hydrogen-bond acceptors (Lipinski definition) is 6. The number of rotatable bonds is 5. The Balaban J connectivity index is 1.89. The number of anilines is 2. The van der Waals surface area contributed by atoms with Crippen molar-refractivity contribution in [3.8, 4) is 17.1 Å². The molecule has 1 N–H and O–H groups in total. The summed E-state index contributed by atoms with van der Waals surface area (Å²) < 4.78 is 10.8. The van der Waals surface area contributed by atoms with Crippen LogP contribution in [0.25, 0.3) is 11.3 Å². The third-order valence-electron chi connectivity index (χ3n) is 3.20. The van der Waals surface area contributed by atoms with Crippen molar-refractivity contribution in [2.45, 2.75) is 0 Å². The van der Waals surface area contributed by atoms with E-state index in [4.69, 9.17) is 9.15 Å². The van der Waals surface area contributed by atoms with Crippen molar-refractivity contribution < 1.29 is 14.1 Å². The number of ether oxygens (including phenoxy) is 1. The number of benzene rings is 2. The highest BCUT2D eigenvalue weighted by molar-refractivity contribution is 5.67. The lowest BCUT2D eigenvalue weighted by Crippen LogP contribution is -1.96. The summed E-state index contributed by atoms with van der Waals surface area (Å²) in [5.74, 6) is 1.05. The van der Waals surface area contributed by atoms with E-state index in [1.165, 1.54) is 25.3 Å². The van der Waals surface area contributed by atoms with Crippen LogP contribution in [0.2, 0.25) is 0 Å². The number of nitro groups is 1. The Labute approximate surface area is 131 Å². The predicted molar refractivity (Wildman–Crippen MR) is 84.9 cm³/mol. The fourth-order valence-corrected chi connectivity index (χ4v) is 2.09. The van der Waals surface area contributed by atoms with E-state index in [2.05, 4.69) is 10.3 Å². The Morgan fingerprint density at radius 1 is 1.22 bits per heavy atom. The minimum atomic E-state index is -0.477. The van der Waals surface area contributed by atoms with E-state index < -0.39 is 4.92 Å². The van der Waals surface area contributed by atoms with Crippen LogP contribution in [0.5, 0.6) is 5.75 Å². The first-order valence-corrected chi connectivity index (χ1v) is 6.78. The first-order chi connectivity index (χ1) is 11.2. The Hall–Kier alpha value is -3.35. The molecular formula is C16H13N3O4. The van der Waals surface area contributed by atoms with Crippen molar-refractivity contribution >= 4 is 17.4 Å². The van der Waals surface area contributed by atoms with Gasteiger partial charge in [-0.2, -0.15) is 0 Å². The molecule has 23 heavy (non-hydrogen) atoms. The Kier molecular flexibility index (Phi) is 3.92. The van der Waals surface area contributed by atoms with Gasteiger partial charge in [0.05, 0.1) is 23.9 Å². The third-order valence-corrected chi connectivity index (χ3v) is 3.20. The van der Waals surface area contributed by atoms with Crippen LogP contribution in [0.1, 0.15) is 0 Å². The fourth-order valence-electron chi connectivity index (χ4n) is 2.09. The highest BCUT2D eigenvalue weighted by Gasteiger charge is 2.14. The van der Waals surface area contributed by atoms with Gasteiger partial charge in [0, 0.05) is 17.7 Å². The van der Waals surface area contributed by atoms with Gasteiger partial charge in [-0.15, -0.1) is 0 Å². The lowest BCUT2D eigenvalue weighted by Gasteiger charge is -2.08. The fraction of sp³-hybridized carbons (Fsp3) is 0.0625. The second-order valence-corrected chi connectivity index (χ2v) is 4.66. The lowest BCUT2D eigenvalue weighted by atomic mass is 10.2. The topological polar surface area (TPSA) is 90.4 Å². The molecule has 0 saturated carbocycles. The number of nitro benzene ring substituents is 1. The molecule has 0 aliphatic heterocycles. The molecule has 0 aliphatic carbocycles. The summed E-state index contributed by atoms with van der Waals surface area (Å²) >= 11 is 0. The number of nitrogens with zero attached hydrogens (tertiary/aromatic N) is 2. The monoisotopic (exact) mass is 311 g/mol. The summed E-state index contributed by atoms with van der Waals surface area (Å²) in [6.07, 6.45) is 1.58. The number of methoxy groups -OCH3 is 1. The molecule has 0 amide bonds. The van der Waals surface area contributed by atoms with Crippen LogP contribution in [0.4, 0.5) is 17.4 Å². The molecule has 2 aromatic carbocycles. The molecule has 0 bridgehead atoms. The first-order valence-electron chi connectivity index (χ1n) is 6.78. The van der Waals surface area contributed by atoms with E-state index in [0.29, 0.717) is 17.2 Å². The maximum absolute atomic E-state index is 10.9. The minimum Gasteiger partial charge on any atom is -0.495 e. The molecule has 0 fully saturated rings. The molecule has 3 rings (SSSR count). The van der Waals surface area contributed by atoms with E-state index >= 15 is 0 Å². The van der Waals surface area contributed by atoms with Gasteiger partial charge >= 0.3 is 0 Å². The van der Waals surface area contributed by atoms with E-state index in [-0.39, 0.29) is 11.7 Å². The van der Waals surface area contributed by atoms with E-state index in [9.17, 15) is 10.1 Å². The number of hydrogen-bond donors (Lipinski definition) is 1. The van der Waals surface area contributed by atoms with Crippen molar-refractivity contribution in [2.75, 3.05) is 12.4 Å². The molecule has 7 heteroatoms. The highest BCUT2D eigenvalue weighted by Crippen LogP contribution is 2.32. The summed E-state index contributed by atoms with van der Waals surface area (Å²) in [4.78, 5) is 14.6. The zero-order valence-corrected chi connectivity index (χ0v) is 12.2. The Morgan fingerprint density at radius 2 is 2.00 bits per heavy atom. The number of oxazole rings is 1. The molecule has 0 aliphatic rings. The molecule has 7 nitrogen and oxygen atoms in total. The predicted octanol–water partition coefficient (Wildman–Crippen LogP) is 4.00. The van der Waals surface area contributed by atoms with Gasteiger partial charge in [0.25, 0.3) is 11.7 Å². The summed E-state index contributed by atoms with van der Waals surface area (Å²) in [5, 5.41) is 13.8. The third kappa shape index (κ3) is 3.13. The summed E-state index contributed by atoms with van der Waals surface area (Å²) in [6.45, 7) is 0. The molecule has 0 spiro atoms. The van der Waals surface area contributed by atoms with Gasteiger partial charge < -0.3 is 14.5 Å². The second kappa shape index (κ2) is 6.18. The van der Waals surface area contributed by atoms with E-state index in [1.807, 2.05) is 30.3 Å². The van der Waals surface area contributed by atoms with Crippen molar-refractivity contribution in [3.63, 3.8) is 0 Å². The van der Waals surface area contributed by atoms with Crippen molar-refractivity contribution in [2.24, 2.45) is 0 Å². The van der Waals surface area contributed by atoms with Crippen molar-refractivity contribution in [1.82, 2.24) is 4.98 Å². The van der Waals surface area contributed by atoms with Crippen LogP contribution < -0.4 is 10.1 Å². The summed E-state index contributed by atoms with van der Waals surface area (Å²) in [6, 6.07) is 14.0. The zero-order chi connectivity index (χ0) is 16.2. The standard InChI is InChI=1S/C16H13N3O4/c1-22-14-8-7-12(19(20)21)9-13(14)18-16-17-10-15(23-16)11-5-3-2-4-6-11/h2-10H,1H3,(H,17,18).